The van der Waals surface area contributed by atoms with Gasteiger partial charge in [-0.15, -0.1) is 0 Å². The molecule has 21 heavy (non-hydrogen) atoms. The van der Waals surface area contributed by atoms with Crippen molar-refractivity contribution in [1.29, 1.82) is 0 Å². The number of nitrogens with two attached hydrogens (primary N) is 1. The van der Waals surface area contributed by atoms with Crippen molar-refractivity contribution >= 4 is 23.4 Å². The quantitative estimate of drug-likeness (QED) is 0.656. The van der Waals surface area contributed by atoms with Crippen LogP contribution in [0, 0.1) is 0 Å². The van der Waals surface area contributed by atoms with E-state index < -0.39 is 0 Å². The first-order chi connectivity index (χ1) is 10.2. The van der Waals surface area contributed by atoms with E-state index in [9.17, 15) is 4.79 Å². The molecule has 3 rings (SSSR count). The summed E-state index contributed by atoms with van der Waals surface area (Å²) in [5.74, 6) is 1.16. The lowest BCUT2D eigenvalue weighted by molar-refractivity contribution is -0.115. The van der Waals surface area contributed by atoms with Crippen LogP contribution in [0.1, 0.15) is 5.56 Å². The van der Waals surface area contributed by atoms with E-state index in [1.165, 1.54) is 0 Å². The highest BCUT2D eigenvalue weighted by atomic mass is 16.5. The van der Waals surface area contributed by atoms with Crippen LogP contribution < -0.4 is 20.5 Å². The van der Waals surface area contributed by atoms with E-state index in [1.54, 1.807) is 31.4 Å². The maximum atomic E-state index is 12.0. The SMILES string of the molecule is COc1cccc(/C=C2/Oc3cc(N)ccc3NC2=O)c1. The van der Waals surface area contributed by atoms with Crippen LogP contribution in [-0.4, -0.2) is 13.0 Å². The zero-order chi connectivity index (χ0) is 14.8. The van der Waals surface area contributed by atoms with Crippen molar-refractivity contribution in [2.45, 2.75) is 0 Å². The van der Waals surface area contributed by atoms with Gasteiger partial charge >= 0.3 is 0 Å². The molecule has 5 nitrogen and oxygen atoms in total. The minimum atomic E-state index is -0.296. The maximum absolute atomic E-state index is 12.0. The lowest BCUT2D eigenvalue weighted by Gasteiger charge is -2.20. The van der Waals surface area contributed by atoms with Gasteiger partial charge in [0.25, 0.3) is 5.91 Å². The number of benzene rings is 2. The van der Waals surface area contributed by atoms with Crippen molar-refractivity contribution in [3.05, 3.63) is 53.8 Å². The summed E-state index contributed by atoms with van der Waals surface area (Å²) in [7, 11) is 1.59. The highest BCUT2D eigenvalue weighted by Crippen LogP contribution is 2.33. The molecule has 1 heterocycles. The number of methoxy groups -OCH3 is 1. The number of nitrogen functional groups attached to an aromatic ring is 1. The van der Waals surface area contributed by atoms with Crippen LogP contribution in [0.25, 0.3) is 6.08 Å². The average molecular weight is 282 g/mol. The number of nitrogens with one attached hydrogen (secondary N) is 1. The summed E-state index contributed by atoms with van der Waals surface area (Å²) in [6.45, 7) is 0. The summed E-state index contributed by atoms with van der Waals surface area (Å²) < 4.78 is 10.8. The van der Waals surface area contributed by atoms with Crippen LogP contribution in [0.15, 0.2) is 48.2 Å². The Morgan fingerprint density at radius 3 is 2.90 bits per heavy atom. The third-order valence-electron chi connectivity index (χ3n) is 3.09. The van der Waals surface area contributed by atoms with Gasteiger partial charge in [-0.25, -0.2) is 0 Å². The Morgan fingerprint density at radius 1 is 1.24 bits per heavy atom. The molecular formula is C16H14N2O3. The number of fused-ring (bicyclic) bond motifs is 1. The molecule has 0 spiro atoms. The van der Waals surface area contributed by atoms with E-state index in [-0.39, 0.29) is 11.7 Å². The second-order valence-electron chi connectivity index (χ2n) is 4.60. The van der Waals surface area contributed by atoms with Gasteiger partial charge in [0, 0.05) is 11.8 Å². The van der Waals surface area contributed by atoms with Crippen molar-refractivity contribution in [3.8, 4) is 11.5 Å². The van der Waals surface area contributed by atoms with Crippen molar-refractivity contribution < 1.29 is 14.3 Å². The number of hydrogen-bond donors (Lipinski definition) is 2. The molecule has 0 saturated carbocycles. The van der Waals surface area contributed by atoms with Crippen molar-refractivity contribution in [3.63, 3.8) is 0 Å². The number of rotatable bonds is 2. The highest BCUT2D eigenvalue weighted by Gasteiger charge is 2.22. The summed E-state index contributed by atoms with van der Waals surface area (Å²) in [6, 6.07) is 12.5. The minimum absolute atomic E-state index is 0.210. The second kappa shape index (κ2) is 5.20. The fourth-order valence-electron chi connectivity index (χ4n) is 2.05. The van der Waals surface area contributed by atoms with Gasteiger partial charge in [-0.3, -0.25) is 4.79 Å². The van der Waals surface area contributed by atoms with Crippen molar-refractivity contribution in [2.24, 2.45) is 0 Å². The van der Waals surface area contributed by atoms with Gasteiger partial charge in [-0.05, 0) is 35.9 Å². The second-order valence-corrected chi connectivity index (χ2v) is 4.60. The molecule has 1 aliphatic rings. The Kier molecular flexibility index (Phi) is 3.23. The number of carbonyl (C=O) groups excluding carboxylic acids is 1. The van der Waals surface area contributed by atoms with Crippen molar-refractivity contribution in [2.75, 3.05) is 18.2 Å². The van der Waals surface area contributed by atoms with Crippen LogP contribution in [0.4, 0.5) is 11.4 Å². The molecule has 0 aromatic heterocycles. The zero-order valence-corrected chi connectivity index (χ0v) is 11.4. The molecule has 0 aliphatic carbocycles. The van der Waals surface area contributed by atoms with Crippen LogP contribution in [0.3, 0.4) is 0 Å². The topological polar surface area (TPSA) is 73.6 Å². The molecule has 2 aromatic rings. The maximum Gasteiger partial charge on any atom is 0.291 e. The highest BCUT2D eigenvalue weighted by molar-refractivity contribution is 6.08. The van der Waals surface area contributed by atoms with E-state index in [1.807, 2.05) is 24.3 Å². The lowest BCUT2D eigenvalue weighted by atomic mass is 10.1. The van der Waals surface area contributed by atoms with Crippen molar-refractivity contribution in [1.82, 2.24) is 0 Å². The molecule has 0 bridgehead atoms. The number of carbonyl (C=O) groups is 1. The number of hydrogen-bond acceptors (Lipinski definition) is 4. The molecule has 1 aliphatic heterocycles. The number of ether oxygens (including phenoxy) is 2. The monoisotopic (exact) mass is 282 g/mol. The van der Waals surface area contributed by atoms with Crippen LogP contribution in [0.2, 0.25) is 0 Å². The molecule has 1 amide bonds. The fraction of sp³-hybridized carbons (Fsp3) is 0.0625. The van der Waals surface area contributed by atoms with E-state index in [2.05, 4.69) is 5.32 Å². The summed E-state index contributed by atoms with van der Waals surface area (Å²) in [6.07, 6.45) is 1.66. The van der Waals surface area contributed by atoms with E-state index in [0.29, 0.717) is 22.9 Å². The molecule has 0 fully saturated rings. The van der Waals surface area contributed by atoms with E-state index in [4.69, 9.17) is 15.2 Å². The third-order valence-corrected chi connectivity index (χ3v) is 3.09. The van der Waals surface area contributed by atoms with Gasteiger partial charge in [-0.1, -0.05) is 12.1 Å². The standard InChI is InChI=1S/C16H14N2O3/c1-20-12-4-2-3-10(7-12)8-15-16(19)18-13-6-5-11(17)9-14(13)21-15/h2-9H,17H2,1H3,(H,18,19)/b15-8+. The smallest absolute Gasteiger partial charge is 0.291 e. The third kappa shape index (κ3) is 2.67. The summed E-state index contributed by atoms with van der Waals surface area (Å²) in [5.41, 5.74) is 7.72. The molecule has 3 N–H and O–H groups in total. The summed E-state index contributed by atoms with van der Waals surface area (Å²) >= 11 is 0. The van der Waals surface area contributed by atoms with Gasteiger partial charge in [-0.2, -0.15) is 0 Å². The lowest BCUT2D eigenvalue weighted by Crippen LogP contribution is -2.23. The number of amides is 1. The van der Waals surface area contributed by atoms with E-state index in [0.717, 1.165) is 5.56 Å². The van der Waals surface area contributed by atoms with Gasteiger partial charge in [0.2, 0.25) is 0 Å². The molecule has 0 saturated heterocycles. The van der Waals surface area contributed by atoms with Crippen LogP contribution >= 0.6 is 0 Å². The first kappa shape index (κ1) is 13.1. The Hall–Kier alpha value is -2.95. The molecule has 5 heteroatoms. The van der Waals surface area contributed by atoms with Gasteiger partial charge in [0.05, 0.1) is 12.8 Å². The molecule has 0 atom stereocenters. The predicted octanol–water partition coefficient (Wildman–Crippen LogP) is 2.65. The van der Waals surface area contributed by atoms with E-state index >= 15 is 0 Å². The Labute approximate surface area is 122 Å². The molecule has 2 aromatic carbocycles. The predicted molar refractivity (Wildman–Crippen MR) is 81.1 cm³/mol. The van der Waals surface area contributed by atoms with Gasteiger partial charge in [0.15, 0.2) is 11.5 Å². The minimum Gasteiger partial charge on any atom is -0.497 e. The normalized spacial score (nSPS) is 15.1. The molecular weight excluding hydrogens is 268 g/mol. The average Bonchev–Trinajstić information content (AvgIpc) is 2.49. The van der Waals surface area contributed by atoms with Crippen LogP contribution in [-0.2, 0) is 4.79 Å². The molecule has 0 radical (unpaired) electrons. The Balaban J connectivity index is 1.95. The molecule has 0 unspecified atom stereocenters. The molecule has 106 valence electrons. The summed E-state index contributed by atoms with van der Waals surface area (Å²) in [5, 5.41) is 2.77. The summed E-state index contributed by atoms with van der Waals surface area (Å²) in [4.78, 5) is 12.0. The van der Waals surface area contributed by atoms with Crippen LogP contribution in [0.5, 0.6) is 11.5 Å². The first-order valence-corrected chi connectivity index (χ1v) is 6.40. The Bertz CT molecular complexity index is 738. The Morgan fingerprint density at radius 2 is 2.10 bits per heavy atom. The van der Waals surface area contributed by atoms with Gasteiger partial charge < -0.3 is 20.5 Å². The zero-order valence-electron chi connectivity index (χ0n) is 11.4. The fourth-order valence-corrected chi connectivity index (χ4v) is 2.05. The number of anilines is 2. The first-order valence-electron chi connectivity index (χ1n) is 6.40. The largest absolute Gasteiger partial charge is 0.497 e. The van der Waals surface area contributed by atoms with Gasteiger partial charge in [0.1, 0.15) is 5.75 Å².